The van der Waals surface area contributed by atoms with Gasteiger partial charge in [-0.25, -0.2) is 8.78 Å². The zero-order chi connectivity index (χ0) is 14.1. The van der Waals surface area contributed by atoms with Crippen molar-refractivity contribution in [3.8, 4) is 0 Å². The molecular weight excluding hydrogens is 280 g/mol. The molecule has 2 nitrogen and oxygen atoms in total. The van der Waals surface area contributed by atoms with Gasteiger partial charge < -0.3 is 0 Å². The zero-order valence-corrected chi connectivity index (χ0v) is 11.5. The van der Waals surface area contributed by atoms with Gasteiger partial charge >= 0.3 is 0 Å². The van der Waals surface area contributed by atoms with Gasteiger partial charge in [0, 0.05) is 11.5 Å². The number of benzene rings is 1. The molecule has 2 aromatic rings. The van der Waals surface area contributed by atoms with Gasteiger partial charge in [-0.2, -0.15) is 4.37 Å². The highest BCUT2D eigenvalue weighted by atomic mass is 32.1. The van der Waals surface area contributed by atoms with Gasteiger partial charge in [0.05, 0.1) is 11.3 Å². The number of alkyl halides is 2. The Morgan fingerprint density at radius 3 is 2.50 bits per heavy atom. The number of ketones is 1. The number of nitrogens with zero attached hydrogens (tertiary/aromatic N) is 1. The topological polar surface area (TPSA) is 30.0 Å². The van der Waals surface area contributed by atoms with E-state index in [0.717, 1.165) is 30.8 Å². The predicted molar refractivity (Wildman–Crippen MR) is 73.5 cm³/mol. The first-order valence-electron chi connectivity index (χ1n) is 6.56. The van der Waals surface area contributed by atoms with Crippen molar-refractivity contribution in [1.82, 2.24) is 4.37 Å². The first-order valence-corrected chi connectivity index (χ1v) is 7.33. The van der Waals surface area contributed by atoms with Crippen LogP contribution in [0.1, 0.15) is 58.1 Å². The summed E-state index contributed by atoms with van der Waals surface area (Å²) in [5, 5.41) is 0. The van der Waals surface area contributed by atoms with E-state index < -0.39 is 6.43 Å². The minimum atomic E-state index is -2.65. The van der Waals surface area contributed by atoms with Crippen molar-refractivity contribution in [2.75, 3.05) is 0 Å². The first kappa shape index (κ1) is 13.4. The molecule has 0 aliphatic heterocycles. The molecule has 1 fully saturated rings. The van der Waals surface area contributed by atoms with E-state index in [-0.39, 0.29) is 22.1 Å². The van der Waals surface area contributed by atoms with Gasteiger partial charge in [0.25, 0.3) is 6.43 Å². The molecule has 1 aliphatic carbocycles. The van der Waals surface area contributed by atoms with Crippen LogP contribution in [0.15, 0.2) is 30.3 Å². The molecule has 0 bridgehead atoms. The third kappa shape index (κ3) is 2.26. The fraction of sp³-hybridized carbons (Fsp3) is 0.333. The fourth-order valence-corrected chi connectivity index (χ4v) is 3.19. The maximum atomic E-state index is 13.1. The van der Waals surface area contributed by atoms with E-state index in [2.05, 4.69) is 4.37 Å². The second-order valence-corrected chi connectivity index (χ2v) is 5.74. The molecule has 0 atom stereocenters. The van der Waals surface area contributed by atoms with Crippen molar-refractivity contribution in [3.63, 3.8) is 0 Å². The van der Waals surface area contributed by atoms with Gasteiger partial charge in [-0.1, -0.05) is 36.8 Å². The second kappa shape index (κ2) is 5.40. The number of halogens is 2. The highest BCUT2D eigenvalue weighted by molar-refractivity contribution is 7.06. The highest BCUT2D eigenvalue weighted by Gasteiger charge is 2.32. The minimum absolute atomic E-state index is 0.140. The molecule has 0 saturated heterocycles. The Kier molecular flexibility index (Phi) is 3.61. The van der Waals surface area contributed by atoms with Crippen LogP contribution < -0.4 is 0 Å². The van der Waals surface area contributed by atoms with Crippen molar-refractivity contribution in [1.29, 1.82) is 0 Å². The van der Waals surface area contributed by atoms with Gasteiger partial charge in [0.15, 0.2) is 5.78 Å². The number of carbonyl (C=O) groups excluding carboxylic acids is 1. The largest absolute Gasteiger partial charge is 0.288 e. The third-order valence-electron chi connectivity index (χ3n) is 3.70. The van der Waals surface area contributed by atoms with Crippen LogP contribution in [-0.4, -0.2) is 10.2 Å². The molecule has 0 N–H and O–H groups in total. The van der Waals surface area contributed by atoms with Crippen LogP contribution in [0, 0.1) is 0 Å². The van der Waals surface area contributed by atoms with Gasteiger partial charge in [-0.05, 0) is 24.4 Å². The number of carbonyl (C=O) groups is 1. The summed E-state index contributed by atoms with van der Waals surface area (Å²) in [7, 11) is 0. The van der Waals surface area contributed by atoms with Crippen molar-refractivity contribution in [3.05, 3.63) is 52.0 Å². The summed E-state index contributed by atoms with van der Waals surface area (Å²) in [6, 6.07) is 8.57. The SMILES string of the molecule is O=C(c1ccccc1)c1c(C2CCC2)nsc1C(F)F. The lowest BCUT2D eigenvalue weighted by Crippen LogP contribution is -2.15. The van der Waals surface area contributed by atoms with E-state index in [1.54, 1.807) is 30.3 Å². The Morgan fingerprint density at radius 2 is 1.95 bits per heavy atom. The smallest absolute Gasteiger partial charge is 0.275 e. The van der Waals surface area contributed by atoms with Crippen molar-refractivity contribution in [2.45, 2.75) is 31.6 Å². The van der Waals surface area contributed by atoms with E-state index >= 15 is 0 Å². The Bertz CT molecular complexity index is 620. The van der Waals surface area contributed by atoms with Crippen LogP contribution in [0.4, 0.5) is 8.78 Å². The fourth-order valence-electron chi connectivity index (χ4n) is 2.39. The highest BCUT2D eigenvalue weighted by Crippen LogP contribution is 2.42. The summed E-state index contributed by atoms with van der Waals surface area (Å²) in [4.78, 5) is 12.3. The molecule has 20 heavy (non-hydrogen) atoms. The summed E-state index contributed by atoms with van der Waals surface area (Å²) >= 11 is 0.764. The normalized spacial score (nSPS) is 15.3. The molecule has 5 heteroatoms. The van der Waals surface area contributed by atoms with Crippen LogP contribution in [-0.2, 0) is 0 Å². The van der Waals surface area contributed by atoms with Crippen LogP contribution in [0.25, 0.3) is 0 Å². The molecular formula is C15H13F2NOS. The van der Waals surface area contributed by atoms with Gasteiger partial charge in [-0.3, -0.25) is 4.79 Å². The van der Waals surface area contributed by atoms with Crippen LogP contribution in [0.3, 0.4) is 0 Å². The molecule has 1 saturated carbocycles. The number of rotatable bonds is 4. The lowest BCUT2D eigenvalue weighted by atomic mass is 9.80. The average molecular weight is 293 g/mol. The minimum Gasteiger partial charge on any atom is -0.288 e. The Hall–Kier alpha value is -1.62. The van der Waals surface area contributed by atoms with Crippen molar-refractivity contribution < 1.29 is 13.6 Å². The van der Waals surface area contributed by atoms with E-state index in [0.29, 0.717) is 11.3 Å². The van der Waals surface area contributed by atoms with E-state index in [1.807, 2.05) is 0 Å². The van der Waals surface area contributed by atoms with E-state index in [4.69, 9.17) is 0 Å². The molecule has 0 unspecified atom stereocenters. The van der Waals surface area contributed by atoms with Crippen LogP contribution in [0.2, 0.25) is 0 Å². The first-order chi connectivity index (χ1) is 9.68. The number of hydrogen-bond donors (Lipinski definition) is 0. The summed E-state index contributed by atoms with van der Waals surface area (Å²) < 4.78 is 30.4. The lowest BCUT2D eigenvalue weighted by molar-refractivity contribution is 0.102. The molecule has 1 aromatic carbocycles. The molecule has 0 amide bonds. The molecule has 1 heterocycles. The van der Waals surface area contributed by atoms with E-state index in [9.17, 15) is 13.6 Å². The van der Waals surface area contributed by atoms with Gasteiger partial charge in [0.2, 0.25) is 0 Å². The standard InChI is InChI=1S/C15H13F2NOS/c16-15(17)14-11(12(18-20-14)9-7-4-8-9)13(19)10-5-2-1-3-6-10/h1-3,5-6,9,15H,4,7-8H2. The summed E-state index contributed by atoms with van der Waals surface area (Å²) in [6.07, 6.45) is 0.290. The lowest BCUT2D eigenvalue weighted by Gasteiger charge is -2.24. The Labute approximate surface area is 119 Å². The predicted octanol–water partition coefficient (Wildman–Crippen LogP) is 4.58. The maximum Gasteiger partial charge on any atom is 0.275 e. The maximum absolute atomic E-state index is 13.1. The molecule has 0 spiro atoms. The second-order valence-electron chi connectivity index (χ2n) is 4.93. The van der Waals surface area contributed by atoms with Crippen molar-refractivity contribution in [2.24, 2.45) is 0 Å². The molecule has 1 aliphatic rings. The summed E-state index contributed by atoms with van der Waals surface area (Å²) in [5.41, 5.74) is 1.15. The van der Waals surface area contributed by atoms with Crippen molar-refractivity contribution >= 4 is 17.3 Å². The number of aromatic nitrogens is 1. The van der Waals surface area contributed by atoms with Gasteiger partial charge in [-0.15, -0.1) is 0 Å². The molecule has 0 radical (unpaired) electrons. The monoisotopic (exact) mass is 293 g/mol. The quantitative estimate of drug-likeness (QED) is 0.772. The Balaban J connectivity index is 2.06. The molecule has 104 valence electrons. The third-order valence-corrected chi connectivity index (χ3v) is 4.56. The van der Waals surface area contributed by atoms with E-state index in [1.165, 1.54) is 0 Å². The molecule has 3 rings (SSSR count). The van der Waals surface area contributed by atoms with Crippen LogP contribution in [0.5, 0.6) is 0 Å². The Morgan fingerprint density at radius 1 is 1.25 bits per heavy atom. The van der Waals surface area contributed by atoms with Crippen LogP contribution >= 0.6 is 11.5 Å². The average Bonchev–Trinajstić information content (AvgIpc) is 2.81. The summed E-state index contributed by atoms with van der Waals surface area (Å²) in [6.45, 7) is 0. The zero-order valence-electron chi connectivity index (χ0n) is 10.7. The number of hydrogen-bond acceptors (Lipinski definition) is 3. The van der Waals surface area contributed by atoms with Gasteiger partial charge in [0.1, 0.15) is 4.88 Å². The summed E-state index contributed by atoms with van der Waals surface area (Å²) in [5.74, 6) is -0.169. The molecule has 1 aromatic heterocycles.